The summed E-state index contributed by atoms with van der Waals surface area (Å²) >= 11 is 0. The first-order valence-electron chi connectivity index (χ1n) is 5.58. The van der Waals surface area contributed by atoms with Gasteiger partial charge in [-0.15, -0.1) is 10.2 Å². The van der Waals surface area contributed by atoms with Crippen LogP contribution in [0.3, 0.4) is 0 Å². The molecule has 1 heterocycles. The lowest BCUT2D eigenvalue weighted by atomic mass is 9.95. The highest BCUT2D eigenvalue weighted by atomic mass is 16.4. The van der Waals surface area contributed by atoms with E-state index in [1.165, 1.54) is 4.80 Å². The summed E-state index contributed by atoms with van der Waals surface area (Å²) in [6.45, 7) is 1.96. The number of hydrogen-bond donors (Lipinski definition) is 1. The van der Waals surface area contributed by atoms with Crippen molar-refractivity contribution in [2.45, 2.75) is 19.3 Å². The van der Waals surface area contributed by atoms with Crippen molar-refractivity contribution in [3.05, 3.63) is 41.2 Å². The van der Waals surface area contributed by atoms with Crippen LogP contribution in [0.1, 0.15) is 22.9 Å². The van der Waals surface area contributed by atoms with E-state index in [9.17, 15) is 9.90 Å². The third-order valence-corrected chi connectivity index (χ3v) is 2.71. The minimum atomic E-state index is -0.883. The minimum Gasteiger partial charge on any atom is -0.481 e. The summed E-state index contributed by atoms with van der Waals surface area (Å²) in [5, 5.41) is 20.8. The van der Waals surface area contributed by atoms with Gasteiger partial charge in [-0.05, 0) is 17.7 Å². The molecule has 0 aliphatic carbocycles. The van der Waals surface area contributed by atoms with E-state index in [-0.39, 0.29) is 6.42 Å². The van der Waals surface area contributed by atoms with Gasteiger partial charge >= 0.3 is 5.97 Å². The molecule has 1 N–H and O–H groups in total. The van der Waals surface area contributed by atoms with Gasteiger partial charge in [0.25, 0.3) is 0 Å². The second-order valence-electron chi connectivity index (χ2n) is 4.20. The first-order valence-corrected chi connectivity index (χ1v) is 5.58. The van der Waals surface area contributed by atoms with Crippen LogP contribution in [-0.4, -0.2) is 31.3 Å². The molecule has 0 spiro atoms. The van der Waals surface area contributed by atoms with E-state index in [0.717, 1.165) is 11.1 Å². The first kappa shape index (κ1) is 12.2. The van der Waals surface area contributed by atoms with Gasteiger partial charge in [0.05, 0.1) is 13.0 Å². The van der Waals surface area contributed by atoms with E-state index in [2.05, 4.69) is 15.4 Å². The number of hydrogen-bond acceptors (Lipinski definition) is 4. The maximum Gasteiger partial charge on any atom is 0.311 e. The summed E-state index contributed by atoms with van der Waals surface area (Å²) in [6, 6.07) is 7.44. The molecule has 2 rings (SSSR count). The molecular formula is C12H14N4O2. The molecule has 6 nitrogen and oxygen atoms in total. The molecular weight excluding hydrogens is 232 g/mol. The average Bonchev–Trinajstić information content (AvgIpc) is 2.73. The lowest BCUT2D eigenvalue weighted by molar-refractivity contribution is -0.138. The quantitative estimate of drug-likeness (QED) is 0.867. The van der Waals surface area contributed by atoms with Crippen LogP contribution in [0.25, 0.3) is 0 Å². The van der Waals surface area contributed by atoms with E-state index in [1.807, 2.05) is 31.2 Å². The Morgan fingerprint density at radius 2 is 2.06 bits per heavy atom. The van der Waals surface area contributed by atoms with Crippen molar-refractivity contribution in [2.75, 3.05) is 0 Å². The number of aliphatic carboxylic acids is 1. The lowest BCUT2D eigenvalue weighted by Crippen LogP contribution is -2.15. The number of aryl methyl sites for hydroxylation is 2. The van der Waals surface area contributed by atoms with Gasteiger partial charge in [0.2, 0.25) is 0 Å². The summed E-state index contributed by atoms with van der Waals surface area (Å²) < 4.78 is 0. The molecule has 0 fully saturated rings. The summed E-state index contributed by atoms with van der Waals surface area (Å²) in [7, 11) is 1.65. The summed E-state index contributed by atoms with van der Waals surface area (Å²) in [5.41, 5.74) is 1.85. The third-order valence-electron chi connectivity index (χ3n) is 2.71. The van der Waals surface area contributed by atoms with Crippen LogP contribution in [0, 0.1) is 6.92 Å². The van der Waals surface area contributed by atoms with Crippen molar-refractivity contribution in [1.29, 1.82) is 0 Å². The smallest absolute Gasteiger partial charge is 0.311 e. The standard InChI is InChI=1S/C12H14N4O2/c1-8-3-5-9(6-4-8)10(12(17)18)7-11-13-15-16(2)14-11/h3-6,10H,7H2,1-2H3,(H,17,18). The molecule has 0 amide bonds. The molecule has 2 aromatic rings. The molecule has 6 heteroatoms. The maximum atomic E-state index is 11.3. The van der Waals surface area contributed by atoms with Crippen molar-refractivity contribution in [3.63, 3.8) is 0 Å². The van der Waals surface area contributed by atoms with E-state index in [4.69, 9.17) is 0 Å². The fourth-order valence-corrected chi connectivity index (χ4v) is 1.73. The zero-order chi connectivity index (χ0) is 13.1. The largest absolute Gasteiger partial charge is 0.481 e. The van der Waals surface area contributed by atoms with Crippen molar-refractivity contribution in [2.24, 2.45) is 7.05 Å². The summed E-state index contributed by atoms with van der Waals surface area (Å²) in [5.74, 6) is -1.09. The Morgan fingerprint density at radius 1 is 1.39 bits per heavy atom. The number of rotatable bonds is 4. The van der Waals surface area contributed by atoms with Crippen LogP contribution in [-0.2, 0) is 18.3 Å². The van der Waals surface area contributed by atoms with Gasteiger partial charge < -0.3 is 5.11 Å². The van der Waals surface area contributed by atoms with Crippen LogP contribution >= 0.6 is 0 Å². The molecule has 0 aliphatic rings. The third kappa shape index (κ3) is 2.71. The monoisotopic (exact) mass is 246 g/mol. The van der Waals surface area contributed by atoms with Crippen molar-refractivity contribution in [3.8, 4) is 0 Å². The second kappa shape index (κ2) is 4.95. The molecule has 0 saturated carbocycles. The van der Waals surface area contributed by atoms with Crippen LogP contribution in [0.2, 0.25) is 0 Å². The second-order valence-corrected chi connectivity index (χ2v) is 4.20. The molecule has 0 bridgehead atoms. The van der Waals surface area contributed by atoms with E-state index >= 15 is 0 Å². The van der Waals surface area contributed by atoms with Gasteiger partial charge in [-0.2, -0.15) is 4.80 Å². The number of carboxylic acid groups (broad SMARTS) is 1. The lowest BCUT2D eigenvalue weighted by Gasteiger charge is -2.10. The fourth-order valence-electron chi connectivity index (χ4n) is 1.73. The SMILES string of the molecule is Cc1ccc(C(Cc2nnn(C)n2)C(=O)O)cc1. The van der Waals surface area contributed by atoms with Gasteiger partial charge in [0.15, 0.2) is 5.82 Å². The molecule has 1 atom stereocenters. The normalized spacial score (nSPS) is 12.3. The highest BCUT2D eigenvalue weighted by molar-refractivity contribution is 5.76. The fraction of sp³-hybridized carbons (Fsp3) is 0.333. The Labute approximate surface area is 104 Å². The van der Waals surface area contributed by atoms with Crippen molar-refractivity contribution >= 4 is 5.97 Å². The molecule has 1 aromatic carbocycles. The zero-order valence-corrected chi connectivity index (χ0v) is 10.2. The number of aromatic nitrogens is 4. The number of nitrogens with zero attached hydrogens (tertiary/aromatic N) is 4. The van der Waals surface area contributed by atoms with Crippen molar-refractivity contribution in [1.82, 2.24) is 20.2 Å². The van der Waals surface area contributed by atoms with Gasteiger partial charge in [-0.25, -0.2) is 0 Å². The van der Waals surface area contributed by atoms with E-state index < -0.39 is 11.9 Å². The summed E-state index contributed by atoms with van der Waals surface area (Å²) in [4.78, 5) is 12.6. The Morgan fingerprint density at radius 3 is 2.56 bits per heavy atom. The Hall–Kier alpha value is -2.24. The molecule has 0 aliphatic heterocycles. The van der Waals surface area contributed by atoms with Gasteiger partial charge in [0, 0.05) is 6.42 Å². The highest BCUT2D eigenvalue weighted by Gasteiger charge is 2.22. The van der Waals surface area contributed by atoms with Crippen LogP contribution < -0.4 is 0 Å². The van der Waals surface area contributed by atoms with E-state index in [1.54, 1.807) is 7.05 Å². The van der Waals surface area contributed by atoms with Gasteiger partial charge in [-0.3, -0.25) is 4.79 Å². The minimum absolute atomic E-state index is 0.242. The molecule has 94 valence electrons. The topological polar surface area (TPSA) is 80.9 Å². The van der Waals surface area contributed by atoms with Crippen LogP contribution in [0.15, 0.2) is 24.3 Å². The van der Waals surface area contributed by atoms with Crippen LogP contribution in [0.4, 0.5) is 0 Å². The van der Waals surface area contributed by atoms with Gasteiger partial charge in [-0.1, -0.05) is 29.8 Å². The Kier molecular flexibility index (Phi) is 3.36. The number of carboxylic acids is 1. The van der Waals surface area contributed by atoms with E-state index in [0.29, 0.717) is 5.82 Å². The molecule has 1 unspecified atom stereocenters. The molecule has 0 radical (unpaired) electrons. The van der Waals surface area contributed by atoms with Crippen molar-refractivity contribution < 1.29 is 9.90 Å². The Balaban J connectivity index is 2.23. The zero-order valence-electron chi connectivity index (χ0n) is 10.2. The average molecular weight is 246 g/mol. The summed E-state index contributed by atoms with van der Waals surface area (Å²) in [6.07, 6.45) is 0.242. The van der Waals surface area contributed by atoms with Crippen LogP contribution in [0.5, 0.6) is 0 Å². The molecule has 18 heavy (non-hydrogen) atoms. The first-order chi connectivity index (χ1) is 8.56. The predicted molar refractivity (Wildman–Crippen MR) is 64.1 cm³/mol. The van der Waals surface area contributed by atoms with Gasteiger partial charge in [0.1, 0.15) is 0 Å². The highest BCUT2D eigenvalue weighted by Crippen LogP contribution is 2.20. The maximum absolute atomic E-state index is 11.3. The molecule has 0 saturated heterocycles. The predicted octanol–water partition coefficient (Wildman–Crippen LogP) is 0.929. The molecule has 1 aromatic heterocycles. The number of tetrazole rings is 1. The Bertz CT molecular complexity index is 547. The number of carbonyl (C=O) groups is 1. The number of benzene rings is 1.